The number of piperidine rings is 1. The van der Waals surface area contributed by atoms with Crippen LogP contribution in [0.15, 0.2) is 42.5 Å². The standard InChI is InChI=1S/C23H28N2O3/c1-22(2,3)24(4)21(27)28-14-20(26)25-13-19-12-23(19,15-25)18-10-9-16-7-5-6-8-17(16)11-18/h5-11,19H,12-15H2,1-4H3/t19-,23+/m1/s1. The maximum atomic E-state index is 12.6. The molecule has 2 aliphatic rings. The van der Waals surface area contributed by atoms with Crippen molar-refractivity contribution in [1.82, 2.24) is 9.80 Å². The molecule has 5 heteroatoms. The fourth-order valence-corrected chi connectivity index (χ4v) is 4.20. The monoisotopic (exact) mass is 380 g/mol. The lowest BCUT2D eigenvalue weighted by atomic mass is 9.93. The SMILES string of the molecule is CN(C(=O)OCC(=O)N1C[C@H]2C[C@@]2(c2ccc3ccccc3c2)C1)C(C)(C)C. The highest BCUT2D eigenvalue weighted by Gasteiger charge is 2.61. The maximum Gasteiger partial charge on any atom is 0.410 e. The number of likely N-dealkylation sites (tertiary alicyclic amines) is 1. The van der Waals surface area contributed by atoms with Gasteiger partial charge in [0, 0.05) is 31.1 Å². The summed E-state index contributed by atoms with van der Waals surface area (Å²) >= 11 is 0. The van der Waals surface area contributed by atoms with Crippen LogP contribution >= 0.6 is 0 Å². The van der Waals surface area contributed by atoms with Crippen LogP contribution in [0.2, 0.25) is 0 Å². The van der Waals surface area contributed by atoms with Gasteiger partial charge in [-0.25, -0.2) is 4.79 Å². The molecule has 4 rings (SSSR count). The smallest absolute Gasteiger partial charge is 0.410 e. The molecule has 5 nitrogen and oxygen atoms in total. The van der Waals surface area contributed by atoms with Gasteiger partial charge in [0.1, 0.15) is 0 Å². The summed E-state index contributed by atoms with van der Waals surface area (Å²) in [6.45, 7) is 7.05. The first-order valence-electron chi connectivity index (χ1n) is 9.88. The van der Waals surface area contributed by atoms with Crippen molar-refractivity contribution in [2.75, 3.05) is 26.7 Å². The number of ether oxygens (including phenoxy) is 1. The Morgan fingerprint density at radius 3 is 2.61 bits per heavy atom. The largest absolute Gasteiger partial charge is 0.439 e. The van der Waals surface area contributed by atoms with E-state index in [1.54, 1.807) is 7.05 Å². The molecule has 1 heterocycles. The average molecular weight is 380 g/mol. The molecule has 2 fully saturated rings. The number of fused-ring (bicyclic) bond motifs is 2. The van der Waals surface area contributed by atoms with Crippen molar-refractivity contribution in [3.8, 4) is 0 Å². The molecule has 0 unspecified atom stereocenters. The van der Waals surface area contributed by atoms with Gasteiger partial charge in [0.05, 0.1) is 0 Å². The van der Waals surface area contributed by atoms with Crippen LogP contribution in [0.25, 0.3) is 10.8 Å². The highest BCUT2D eigenvalue weighted by atomic mass is 16.6. The zero-order valence-corrected chi connectivity index (χ0v) is 17.1. The van der Waals surface area contributed by atoms with Gasteiger partial charge in [-0.05, 0) is 49.4 Å². The van der Waals surface area contributed by atoms with Gasteiger partial charge in [-0.15, -0.1) is 0 Å². The van der Waals surface area contributed by atoms with Gasteiger partial charge in [-0.1, -0.05) is 42.5 Å². The summed E-state index contributed by atoms with van der Waals surface area (Å²) in [5.41, 5.74) is 1.05. The van der Waals surface area contributed by atoms with Gasteiger partial charge >= 0.3 is 6.09 Å². The van der Waals surface area contributed by atoms with E-state index in [1.165, 1.54) is 21.2 Å². The minimum atomic E-state index is -0.463. The lowest BCUT2D eigenvalue weighted by molar-refractivity contribution is -0.134. The second-order valence-corrected chi connectivity index (χ2v) is 9.18. The van der Waals surface area contributed by atoms with Crippen LogP contribution in [-0.2, 0) is 14.9 Å². The quantitative estimate of drug-likeness (QED) is 0.814. The Labute approximate surface area is 166 Å². The van der Waals surface area contributed by atoms with Crippen molar-refractivity contribution in [2.24, 2.45) is 5.92 Å². The normalized spacial score (nSPS) is 23.4. The van der Waals surface area contributed by atoms with Crippen molar-refractivity contribution >= 4 is 22.8 Å². The van der Waals surface area contributed by atoms with E-state index >= 15 is 0 Å². The van der Waals surface area contributed by atoms with Crippen molar-refractivity contribution in [1.29, 1.82) is 0 Å². The van der Waals surface area contributed by atoms with E-state index in [9.17, 15) is 9.59 Å². The van der Waals surface area contributed by atoms with E-state index in [0.717, 1.165) is 13.0 Å². The number of amides is 2. The third kappa shape index (κ3) is 3.23. The zero-order chi connectivity index (χ0) is 20.1. The number of carbonyl (C=O) groups excluding carboxylic acids is 2. The second kappa shape index (κ2) is 6.50. The number of hydrogen-bond donors (Lipinski definition) is 0. The Hall–Kier alpha value is -2.56. The second-order valence-electron chi connectivity index (χ2n) is 9.18. The Balaban J connectivity index is 1.40. The van der Waals surface area contributed by atoms with E-state index in [-0.39, 0.29) is 23.5 Å². The molecule has 0 N–H and O–H groups in total. The lowest BCUT2D eigenvalue weighted by Crippen LogP contribution is -2.44. The van der Waals surface area contributed by atoms with Crippen LogP contribution in [0.3, 0.4) is 0 Å². The van der Waals surface area contributed by atoms with E-state index in [0.29, 0.717) is 12.5 Å². The molecule has 1 saturated carbocycles. The summed E-state index contributed by atoms with van der Waals surface area (Å²) in [6, 6.07) is 15.0. The van der Waals surface area contributed by atoms with Crippen molar-refractivity contribution < 1.29 is 14.3 Å². The van der Waals surface area contributed by atoms with Crippen LogP contribution in [0, 0.1) is 5.92 Å². The Bertz CT molecular complexity index is 933. The summed E-state index contributed by atoms with van der Waals surface area (Å²) in [5.74, 6) is 0.397. The molecule has 0 aromatic heterocycles. The van der Waals surface area contributed by atoms with Gasteiger partial charge in [0.25, 0.3) is 5.91 Å². The minimum Gasteiger partial charge on any atom is -0.439 e. The van der Waals surface area contributed by atoms with Gasteiger partial charge in [-0.2, -0.15) is 0 Å². The van der Waals surface area contributed by atoms with Gasteiger partial charge in [0.15, 0.2) is 6.61 Å². The summed E-state index contributed by atoms with van der Waals surface area (Å²) in [6.07, 6.45) is 0.663. The fraction of sp³-hybridized carbons (Fsp3) is 0.478. The van der Waals surface area contributed by atoms with Crippen molar-refractivity contribution in [3.05, 3.63) is 48.0 Å². The van der Waals surface area contributed by atoms with Crippen molar-refractivity contribution in [3.63, 3.8) is 0 Å². The van der Waals surface area contributed by atoms with Crippen LogP contribution in [0.5, 0.6) is 0 Å². The van der Waals surface area contributed by atoms with E-state index in [1.807, 2.05) is 25.7 Å². The third-order valence-corrected chi connectivity index (χ3v) is 6.42. The fourth-order valence-electron chi connectivity index (χ4n) is 4.20. The lowest BCUT2D eigenvalue weighted by Gasteiger charge is -2.31. The molecule has 1 aliphatic carbocycles. The molecule has 0 bridgehead atoms. The molecule has 2 amide bonds. The summed E-state index contributed by atoms with van der Waals surface area (Å²) in [4.78, 5) is 28.1. The van der Waals surface area contributed by atoms with E-state index < -0.39 is 6.09 Å². The maximum absolute atomic E-state index is 12.6. The molecule has 1 saturated heterocycles. The molecule has 2 aromatic carbocycles. The number of rotatable bonds is 3. The Kier molecular flexibility index (Phi) is 4.36. The Morgan fingerprint density at radius 1 is 1.18 bits per heavy atom. The van der Waals surface area contributed by atoms with Gasteiger partial charge in [0.2, 0.25) is 0 Å². The topological polar surface area (TPSA) is 49.9 Å². The van der Waals surface area contributed by atoms with Crippen molar-refractivity contribution in [2.45, 2.75) is 38.1 Å². The average Bonchev–Trinajstić information content (AvgIpc) is 3.25. The predicted octanol–water partition coefficient (Wildman–Crippen LogP) is 3.81. The highest BCUT2D eigenvalue weighted by molar-refractivity contribution is 5.84. The molecule has 1 aliphatic heterocycles. The first kappa shape index (κ1) is 18.8. The van der Waals surface area contributed by atoms with Crippen LogP contribution in [0.4, 0.5) is 4.79 Å². The van der Waals surface area contributed by atoms with Crippen LogP contribution < -0.4 is 0 Å². The van der Waals surface area contributed by atoms with Crippen LogP contribution in [0.1, 0.15) is 32.8 Å². The molecule has 2 atom stereocenters. The molecular formula is C23H28N2O3. The predicted molar refractivity (Wildman–Crippen MR) is 109 cm³/mol. The number of nitrogens with zero attached hydrogens (tertiary/aromatic N) is 2. The minimum absolute atomic E-state index is 0.0753. The highest BCUT2D eigenvalue weighted by Crippen LogP contribution is 2.59. The number of hydrogen-bond acceptors (Lipinski definition) is 3. The molecule has 0 spiro atoms. The van der Waals surface area contributed by atoms with Gasteiger partial charge < -0.3 is 14.5 Å². The summed E-state index contributed by atoms with van der Waals surface area (Å²) < 4.78 is 5.25. The van der Waals surface area contributed by atoms with Gasteiger partial charge in [-0.3, -0.25) is 4.79 Å². The summed E-state index contributed by atoms with van der Waals surface area (Å²) in [5, 5.41) is 2.48. The first-order valence-corrected chi connectivity index (χ1v) is 9.88. The molecule has 0 radical (unpaired) electrons. The number of benzene rings is 2. The summed E-state index contributed by atoms with van der Waals surface area (Å²) in [7, 11) is 1.69. The van der Waals surface area contributed by atoms with Crippen LogP contribution in [-0.4, -0.2) is 54.1 Å². The third-order valence-electron chi connectivity index (χ3n) is 6.42. The molecular weight excluding hydrogens is 352 g/mol. The number of carbonyl (C=O) groups is 2. The van der Waals surface area contributed by atoms with E-state index in [2.05, 4.69) is 42.5 Å². The Morgan fingerprint density at radius 2 is 1.89 bits per heavy atom. The molecule has 148 valence electrons. The first-order chi connectivity index (χ1) is 13.2. The molecule has 28 heavy (non-hydrogen) atoms. The zero-order valence-electron chi connectivity index (χ0n) is 17.1. The molecule has 2 aromatic rings. The van der Waals surface area contributed by atoms with E-state index in [4.69, 9.17) is 4.74 Å².